The van der Waals surface area contributed by atoms with Gasteiger partial charge in [-0.2, -0.15) is 0 Å². The Labute approximate surface area is 168 Å². The molecule has 2 N–H and O–H groups in total. The summed E-state index contributed by atoms with van der Waals surface area (Å²) < 4.78 is 7.60. The summed E-state index contributed by atoms with van der Waals surface area (Å²) in [5.74, 6) is 0.192. The molecule has 1 amide bonds. The minimum absolute atomic E-state index is 0.0328. The molecule has 24 heavy (non-hydrogen) atoms. The molecule has 0 fully saturated rings. The van der Waals surface area contributed by atoms with Gasteiger partial charge in [-0.1, -0.05) is 15.9 Å². The van der Waals surface area contributed by atoms with Gasteiger partial charge in [-0.05, 0) is 91.1 Å². The molecule has 2 rings (SSSR count). The van der Waals surface area contributed by atoms with Gasteiger partial charge >= 0.3 is 0 Å². The second-order valence-corrected chi connectivity index (χ2v) is 7.79. The van der Waals surface area contributed by atoms with Gasteiger partial charge in [0.25, 0.3) is 5.91 Å². The van der Waals surface area contributed by atoms with E-state index < -0.39 is 0 Å². The molecule has 0 saturated carbocycles. The molecule has 0 spiro atoms. The lowest BCUT2D eigenvalue weighted by Gasteiger charge is -2.15. The Morgan fingerprint density at radius 2 is 1.88 bits per heavy atom. The molecule has 0 saturated heterocycles. The van der Waals surface area contributed by atoms with Crippen molar-refractivity contribution in [1.82, 2.24) is 5.32 Å². The van der Waals surface area contributed by atoms with Crippen molar-refractivity contribution < 1.29 is 9.53 Å². The number of hydrogen-bond donors (Lipinski definition) is 2. The van der Waals surface area contributed by atoms with Crippen molar-refractivity contribution in [1.29, 1.82) is 0 Å². The van der Waals surface area contributed by atoms with E-state index in [1.807, 2.05) is 44.2 Å². The van der Waals surface area contributed by atoms with E-state index in [0.29, 0.717) is 11.3 Å². The summed E-state index contributed by atoms with van der Waals surface area (Å²) in [5.41, 5.74) is 1.23. The largest absolute Gasteiger partial charge is 0.490 e. The number of anilines is 1. The second kappa shape index (κ2) is 8.77. The lowest BCUT2D eigenvalue weighted by molar-refractivity contribution is 0.0972. The fraction of sp³-hybridized carbons (Fsp3) is 0.176. The van der Waals surface area contributed by atoms with Crippen LogP contribution in [0.15, 0.2) is 46.9 Å². The first-order chi connectivity index (χ1) is 11.3. The number of hydrogen-bond acceptors (Lipinski definition) is 3. The van der Waals surface area contributed by atoms with Crippen LogP contribution in [0, 0.1) is 3.57 Å². The average molecular weight is 519 g/mol. The van der Waals surface area contributed by atoms with E-state index >= 15 is 0 Å². The van der Waals surface area contributed by atoms with Crippen LogP contribution in [0.3, 0.4) is 0 Å². The van der Waals surface area contributed by atoms with Gasteiger partial charge in [-0.3, -0.25) is 10.1 Å². The van der Waals surface area contributed by atoms with Gasteiger partial charge in [0.05, 0.1) is 11.7 Å². The van der Waals surface area contributed by atoms with Crippen molar-refractivity contribution in [3.63, 3.8) is 0 Å². The summed E-state index contributed by atoms with van der Waals surface area (Å²) in [6, 6.07) is 13.0. The molecule has 0 aliphatic carbocycles. The van der Waals surface area contributed by atoms with Crippen molar-refractivity contribution >= 4 is 67.4 Å². The highest BCUT2D eigenvalue weighted by molar-refractivity contribution is 14.1. The molecule has 0 heterocycles. The number of carbonyl (C=O) groups is 1. The molecule has 0 aliphatic heterocycles. The first kappa shape index (κ1) is 19.1. The molecule has 0 aliphatic rings. The monoisotopic (exact) mass is 518 g/mol. The molecule has 126 valence electrons. The smallest absolute Gasteiger partial charge is 0.261 e. The first-order valence-electron chi connectivity index (χ1n) is 7.19. The average Bonchev–Trinajstić information content (AvgIpc) is 2.50. The molecule has 2 aromatic rings. The van der Waals surface area contributed by atoms with Crippen LogP contribution in [0.4, 0.5) is 5.69 Å². The topological polar surface area (TPSA) is 50.4 Å². The van der Waals surface area contributed by atoms with Gasteiger partial charge in [0.15, 0.2) is 5.11 Å². The van der Waals surface area contributed by atoms with Crippen molar-refractivity contribution in [3.8, 4) is 5.75 Å². The Bertz CT molecular complexity index is 751. The summed E-state index contributed by atoms with van der Waals surface area (Å²) in [6.45, 7) is 3.82. The molecular formula is C17H16BrIN2O2S. The standard InChI is InChI=1S/C17H16BrIN2O2S/c1-10(2)23-15-8-3-11(18)9-14(15)16(22)21-17(24)20-13-6-4-12(19)5-7-13/h3-10H,1-2H3,(H2,20,21,22,24). The molecule has 0 bridgehead atoms. The summed E-state index contributed by atoms with van der Waals surface area (Å²) in [4.78, 5) is 12.5. The Morgan fingerprint density at radius 1 is 1.21 bits per heavy atom. The van der Waals surface area contributed by atoms with Gasteiger partial charge in [-0.15, -0.1) is 0 Å². The zero-order valence-electron chi connectivity index (χ0n) is 13.1. The number of nitrogens with one attached hydrogen (secondary N) is 2. The number of halogens is 2. The second-order valence-electron chi connectivity index (χ2n) is 5.22. The number of amides is 1. The van der Waals surface area contributed by atoms with Crippen LogP contribution in [-0.2, 0) is 0 Å². The quantitative estimate of drug-likeness (QED) is 0.443. The molecule has 7 heteroatoms. The number of ether oxygens (including phenoxy) is 1. The minimum atomic E-state index is -0.324. The van der Waals surface area contributed by atoms with Gasteiger partial charge in [-0.25, -0.2) is 0 Å². The number of rotatable bonds is 4. The lowest BCUT2D eigenvalue weighted by Crippen LogP contribution is -2.34. The molecule has 0 aromatic heterocycles. The zero-order chi connectivity index (χ0) is 17.7. The van der Waals surface area contributed by atoms with Crippen LogP contribution in [-0.4, -0.2) is 17.1 Å². The summed E-state index contributed by atoms with van der Waals surface area (Å²) in [7, 11) is 0. The normalized spacial score (nSPS) is 10.4. The van der Waals surface area contributed by atoms with Crippen molar-refractivity contribution in [3.05, 3.63) is 56.1 Å². The third-order valence-corrected chi connectivity index (χ3v) is 4.29. The number of benzene rings is 2. The molecule has 0 unspecified atom stereocenters. The van der Waals surface area contributed by atoms with Crippen molar-refractivity contribution in [2.75, 3.05) is 5.32 Å². The molecule has 0 atom stereocenters. The highest BCUT2D eigenvalue weighted by Crippen LogP contribution is 2.24. The predicted molar refractivity (Wildman–Crippen MR) is 113 cm³/mol. The van der Waals surface area contributed by atoms with Crippen LogP contribution >= 0.6 is 50.7 Å². The first-order valence-corrected chi connectivity index (χ1v) is 9.47. The maximum Gasteiger partial charge on any atom is 0.261 e. The van der Waals surface area contributed by atoms with E-state index in [1.54, 1.807) is 12.1 Å². The maximum atomic E-state index is 12.5. The zero-order valence-corrected chi connectivity index (χ0v) is 17.7. The Balaban J connectivity index is 2.09. The van der Waals surface area contributed by atoms with Crippen LogP contribution in [0.1, 0.15) is 24.2 Å². The van der Waals surface area contributed by atoms with Crippen molar-refractivity contribution in [2.45, 2.75) is 20.0 Å². The third-order valence-electron chi connectivity index (χ3n) is 2.88. The van der Waals surface area contributed by atoms with E-state index in [4.69, 9.17) is 17.0 Å². The SMILES string of the molecule is CC(C)Oc1ccc(Br)cc1C(=O)NC(=S)Nc1ccc(I)cc1. The highest BCUT2D eigenvalue weighted by atomic mass is 127. The fourth-order valence-electron chi connectivity index (χ4n) is 1.90. The fourth-order valence-corrected chi connectivity index (χ4v) is 2.83. The predicted octanol–water partition coefficient (Wildman–Crippen LogP) is 4.97. The van der Waals surface area contributed by atoms with Crippen LogP contribution < -0.4 is 15.4 Å². The van der Waals surface area contributed by atoms with Crippen LogP contribution in [0.25, 0.3) is 0 Å². The number of carbonyl (C=O) groups excluding carboxylic acids is 1. The summed E-state index contributed by atoms with van der Waals surface area (Å²) in [6.07, 6.45) is -0.0328. The van der Waals surface area contributed by atoms with Crippen LogP contribution in [0.2, 0.25) is 0 Å². The van der Waals surface area contributed by atoms with E-state index in [0.717, 1.165) is 13.7 Å². The van der Waals surface area contributed by atoms with Gasteiger partial charge in [0, 0.05) is 13.7 Å². The van der Waals surface area contributed by atoms with E-state index in [9.17, 15) is 4.79 Å². The Hall–Kier alpha value is -1.19. The lowest BCUT2D eigenvalue weighted by atomic mass is 10.2. The Kier molecular flexibility index (Phi) is 7.00. The molecule has 4 nitrogen and oxygen atoms in total. The summed E-state index contributed by atoms with van der Waals surface area (Å²) >= 11 is 10.8. The molecular weight excluding hydrogens is 503 g/mol. The van der Waals surface area contributed by atoms with E-state index in [-0.39, 0.29) is 17.1 Å². The van der Waals surface area contributed by atoms with Crippen LogP contribution in [0.5, 0.6) is 5.75 Å². The van der Waals surface area contributed by atoms with E-state index in [1.165, 1.54) is 0 Å². The van der Waals surface area contributed by atoms with Gasteiger partial charge in [0.2, 0.25) is 0 Å². The van der Waals surface area contributed by atoms with Crippen molar-refractivity contribution in [2.24, 2.45) is 0 Å². The maximum absolute atomic E-state index is 12.5. The third kappa shape index (κ3) is 5.71. The highest BCUT2D eigenvalue weighted by Gasteiger charge is 2.15. The van der Waals surface area contributed by atoms with E-state index in [2.05, 4.69) is 49.2 Å². The van der Waals surface area contributed by atoms with Gasteiger partial charge < -0.3 is 10.1 Å². The number of thiocarbonyl (C=S) groups is 1. The van der Waals surface area contributed by atoms with Gasteiger partial charge in [0.1, 0.15) is 5.75 Å². The minimum Gasteiger partial charge on any atom is -0.490 e. The molecule has 2 aromatic carbocycles. The Morgan fingerprint density at radius 3 is 2.50 bits per heavy atom. The summed E-state index contributed by atoms with van der Waals surface area (Å²) in [5, 5.41) is 5.90. The molecule has 0 radical (unpaired) electrons.